The van der Waals surface area contributed by atoms with Crippen LogP contribution in [0.1, 0.15) is 29.8 Å². The Labute approximate surface area is 85.5 Å². The molecule has 2 nitrogen and oxygen atoms in total. The number of hydrogen-bond donors (Lipinski definition) is 0. The lowest BCUT2D eigenvalue weighted by Gasteiger charge is -2.18. The Hall–Kier alpha value is -1.31. The van der Waals surface area contributed by atoms with Crippen molar-refractivity contribution < 1.29 is 4.79 Å². The molecule has 1 aromatic rings. The maximum Gasteiger partial charge on any atom is 0.253 e. The van der Waals surface area contributed by atoms with Crippen LogP contribution in [0, 0.1) is 6.92 Å². The average molecular weight is 191 g/mol. The van der Waals surface area contributed by atoms with Crippen molar-refractivity contribution in [3.8, 4) is 0 Å². The Morgan fingerprint density at radius 2 is 1.64 bits per heavy atom. The van der Waals surface area contributed by atoms with Gasteiger partial charge in [-0.05, 0) is 32.9 Å². The summed E-state index contributed by atoms with van der Waals surface area (Å²) in [6.45, 7) is 7.54. The van der Waals surface area contributed by atoms with Gasteiger partial charge in [-0.25, -0.2) is 0 Å². The van der Waals surface area contributed by atoms with Gasteiger partial charge < -0.3 is 4.90 Å². The third-order valence-corrected chi connectivity index (χ3v) is 2.35. The summed E-state index contributed by atoms with van der Waals surface area (Å²) in [7, 11) is 0. The number of carbonyl (C=O) groups is 1. The van der Waals surface area contributed by atoms with Gasteiger partial charge in [0.15, 0.2) is 0 Å². The predicted molar refractivity (Wildman–Crippen MR) is 58.4 cm³/mol. The molecule has 0 aliphatic rings. The monoisotopic (exact) mass is 191 g/mol. The van der Waals surface area contributed by atoms with Gasteiger partial charge in [-0.3, -0.25) is 4.79 Å². The van der Waals surface area contributed by atoms with E-state index in [-0.39, 0.29) is 5.91 Å². The van der Waals surface area contributed by atoms with E-state index in [1.165, 1.54) is 5.56 Å². The first-order valence-electron chi connectivity index (χ1n) is 5.05. The third kappa shape index (κ3) is 2.34. The molecule has 2 heteroatoms. The lowest BCUT2D eigenvalue weighted by molar-refractivity contribution is 0.0773. The molecule has 1 aromatic carbocycles. The second kappa shape index (κ2) is 4.80. The Morgan fingerprint density at radius 3 is 2.07 bits per heavy atom. The Balaban J connectivity index is 2.83. The first-order valence-corrected chi connectivity index (χ1v) is 5.05. The molecule has 0 fully saturated rings. The topological polar surface area (TPSA) is 20.3 Å². The third-order valence-electron chi connectivity index (χ3n) is 2.35. The molecular weight excluding hydrogens is 174 g/mol. The van der Waals surface area contributed by atoms with Crippen molar-refractivity contribution in [2.75, 3.05) is 13.1 Å². The minimum atomic E-state index is 0.120. The molecule has 1 rings (SSSR count). The molecule has 0 aromatic heterocycles. The van der Waals surface area contributed by atoms with Crippen LogP contribution in [0.2, 0.25) is 0 Å². The van der Waals surface area contributed by atoms with Crippen LogP contribution in [0.5, 0.6) is 0 Å². The van der Waals surface area contributed by atoms with E-state index in [4.69, 9.17) is 0 Å². The fourth-order valence-corrected chi connectivity index (χ4v) is 1.39. The fourth-order valence-electron chi connectivity index (χ4n) is 1.39. The molecule has 0 heterocycles. The predicted octanol–water partition coefficient (Wildman–Crippen LogP) is 2.48. The first kappa shape index (κ1) is 10.8. The van der Waals surface area contributed by atoms with Gasteiger partial charge in [-0.1, -0.05) is 17.7 Å². The molecule has 76 valence electrons. The number of hydrogen-bond acceptors (Lipinski definition) is 1. The normalized spacial score (nSPS) is 9.93. The summed E-state index contributed by atoms with van der Waals surface area (Å²) in [6.07, 6.45) is 0. The maximum absolute atomic E-state index is 11.8. The van der Waals surface area contributed by atoms with Crippen molar-refractivity contribution in [1.82, 2.24) is 4.90 Å². The highest BCUT2D eigenvalue weighted by Crippen LogP contribution is 2.06. The highest BCUT2D eigenvalue weighted by Gasteiger charge is 2.10. The van der Waals surface area contributed by atoms with Crippen LogP contribution in [0.25, 0.3) is 0 Å². The van der Waals surface area contributed by atoms with Crippen molar-refractivity contribution in [3.05, 3.63) is 35.4 Å². The first-order chi connectivity index (χ1) is 6.69. The molecule has 0 spiro atoms. The van der Waals surface area contributed by atoms with Gasteiger partial charge in [0.05, 0.1) is 0 Å². The van der Waals surface area contributed by atoms with E-state index in [9.17, 15) is 4.79 Å². The molecule has 0 bridgehead atoms. The number of nitrogens with zero attached hydrogens (tertiary/aromatic N) is 1. The summed E-state index contributed by atoms with van der Waals surface area (Å²) in [5, 5.41) is 0. The van der Waals surface area contributed by atoms with Crippen LogP contribution in [-0.2, 0) is 0 Å². The van der Waals surface area contributed by atoms with Gasteiger partial charge >= 0.3 is 0 Å². The molecule has 0 N–H and O–H groups in total. The van der Waals surface area contributed by atoms with Gasteiger partial charge in [-0.2, -0.15) is 0 Å². The van der Waals surface area contributed by atoms with Crippen LogP contribution < -0.4 is 0 Å². The molecular formula is C12H17NO. The summed E-state index contributed by atoms with van der Waals surface area (Å²) in [4.78, 5) is 13.7. The molecule has 14 heavy (non-hydrogen) atoms. The smallest absolute Gasteiger partial charge is 0.253 e. The zero-order valence-corrected chi connectivity index (χ0v) is 9.08. The molecule has 0 unspecified atom stereocenters. The summed E-state index contributed by atoms with van der Waals surface area (Å²) < 4.78 is 0. The molecule has 1 amide bonds. The van der Waals surface area contributed by atoms with Crippen molar-refractivity contribution >= 4 is 5.91 Å². The van der Waals surface area contributed by atoms with Crippen molar-refractivity contribution in [1.29, 1.82) is 0 Å². The molecule has 0 radical (unpaired) electrons. The fraction of sp³-hybridized carbons (Fsp3) is 0.417. The highest BCUT2D eigenvalue weighted by atomic mass is 16.2. The van der Waals surface area contributed by atoms with E-state index in [0.717, 1.165) is 18.7 Å². The van der Waals surface area contributed by atoms with Gasteiger partial charge in [0.25, 0.3) is 5.91 Å². The molecule has 0 aliphatic heterocycles. The highest BCUT2D eigenvalue weighted by molar-refractivity contribution is 5.94. The largest absolute Gasteiger partial charge is 0.339 e. The number of benzene rings is 1. The van der Waals surface area contributed by atoms with E-state index in [2.05, 4.69) is 0 Å². The summed E-state index contributed by atoms with van der Waals surface area (Å²) in [6, 6.07) is 7.71. The SMILES string of the molecule is CCN(CC)C(=O)c1ccc(C)cc1. The summed E-state index contributed by atoms with van der Waals surface area (Å²) in [5.74, 6) is 0.120. The Kier molecular flexibility index (Phi) is 3.69. The zero-order valence-electron chi connectivity index (χ0n) is 9.08. The second-order valence-corrected chi connectivity index (χ2v) is 3.34. The Bertz CT molecular complexity index is 299. The molecule has 0 saturated heterocycles. The van der Waals surface area contributed by atoms with Crippen LogP contribution in [0.15, 0.2) is 24.3 Å². The van der Waals surface area contributed by atoms with Gasteiger partial charge in [0.1, 0.15) is 0 Å². The van der Waals surface area contributed by atoms with E-state index in [0.29, 0.717) is 0 Å². The molecule has 0 atom stereocenters. The van der Waals surface area contributed by atoms with Gasteiger partial charge in [-0.15, -0.1) is 0 Å². The van der Waals surface area contributed by atoms with Crippen LogP contribution in [0.4, 0.5) is 0 Å². The van der Waals surface area contributed by atoms with Crippen LogP contribution >= 0.6 is 0 Å². The van der Waals surface area contributed by atoms with Crippen LogP contribution in [0.3, 0.4) is 0 Å². The van der Waals surface area contributed by atoms with Crippen LogP contribution in [-0.4, -0.2) is 23.9 Å². The number of rotatable bonds is 3. The van der Waals surface area contributed by atoms with E-state index in [1.54, 1.807) is 0 Å². The van der Waals surface area contributed by atoms with Crippen molar-refractivity contribution in [3.63, 3.8) is 0 Å². The summed E-state index contributed by atoms with van der Waals surface area (Å²) in [5.41, 5.74) is 1.96. The Morgan fingerprint density at radius 1 is 1.14 bits per heavy atom. The number of amides is 1. The van der Waals surface area contributed by atoms with Crippen molar-refractivity contribution in [2.45, 2.75) is 20.8 Å². The maximum atomic E-state index is 11.8. The van der Waals surface area contributed by atoms with E-state index in [1.807, 2.05) is 49.9 Å². The van der Waals surface area contributed by atoms with Gasteiger partial charge in [0, 0.05) is 18.7 Å². The minimum Gasteiger partial charge on any atom is -0.339 e. The standard InChI is InChI=1S/C12H17NO/c1-4-13(5-2)12(14)11-8-6-10(3)7-9-11/h6-9H,4-5H2,1-3H3. The summed E-state index contributed by atoms with van der Waals surface area (Å²) >= 11 is 0. The average Bonchev–Trinajstić information content (AvgIpc) is 2.20. The van der Waals surface area contributed by atoms with Gasteiger partial charge in [0.2, 0.25) is 0 Å². The molecule has 0 saturated carbocycles. The zero-order chi connectivity index (χ0) is 10.6. The molecule has 0 aliphatic carbocycles. The lowest BCUT2D eigenvalue weighted by atomic mass is 10.1. The quantitative estimate of drug-likeness (QED) is 0.718. The van der Waals surface area contributed by atoms with E-state index >= 15 is 0 Å². The number of aryl methyl sites for hydroxylation is 1. The van der Waals surface area contributed by atoms with Crippen molar-refractivity contribution in [2.24, 2.45) is 0 Å². The second-order valence-electron chi connectivity index (χ2n) is 3.34. The number of carbonyl (C=O) groups excluding carboxylic acids is 1. The minimum absolute atomic E-state index is 0.120. The van der Waals surface area contributed by atoms with E-state index < -0.39 is 0 Å². The lowest BCUT2D eigenvalue weighted by Crippen LogP contribution is -2.30.